The van der Waals surface area contributed by atoms with Crippen molar-refractivity contribution in [2.45, 2.75) is 19.9 Å². The molecule has 7 nitrogen and oxygen atoms in total. The highest BCUT2D eigenvalue weighted by atomic mass is 31.2. The van der Waals surface area contributed by atoms with Crippen LogP contribution in [0.2, 0.25) is 0 Å². The van der Waals surface area contributed by atoms with Crippen molar-refractivity contribution in [3.8, 4) is 0 Å². The highest BCUT2D eigenvalue weighted by molar-refractivity contribution is 7.46. The summed E-state index contributed by atoms with van der Waals surface area (Å²) in [6.45, 7) is 3.36. The molecule has 0 aromatic rings. The van der Waals surface area contributed by atoms with E-state index in [4.69, 9.17) is 9.79 Å². The number of phosphoric acid groups is 1. The first kappa shape index (κ1) is 13.5. The maximum atomic E-state index is 11.1. The fourth-order valence-corrected chi connectivity index (χ4v) is 1.11. The Hall–Kier alpha value is -0.460. The van der Waals surface area contributed by atoms with Crippen molar-refractivity contribution < 1.29 is 28.5 Å². The molecule has 8 heteroatoms. The van der Waals surface area contributed by atoms with Crippen molar-refractivity contribution in [2.75, 3.05) is 7.11 Å². The average molecular weight is 227 g/mol. The third kappa shape index (κ3) is 5.31. The summed E-state index contributed by atoms with van der Waals surface area (Å²) in [4.78, 5) is 32.4. The van der Waals surface area contributed by atoms with Crippen molar-refractivity contribution in [3.05, 3.63) is 0 Å². The molecule has 0 spiro atoms. The largest absolute Gasteiger partial charge is 0.527 e. The molecular weight excluding hydrogens is 213 g/mol. The fourth-order valence-electron chi connectivity index (χ4n) is 0.757. The summed E-state index contributed by atoms with van der Waals surface area (Å²) in [5.74, 6) is -1.26. The van der Waals surface area contributed by atoms with Gasteiger partial charge in [0, 0.05) is 0 Å². The minimum Gasteiger partial charge on any atom is -0.369 e. The Morgan fingerprint density at radius 3 is 2.21 bits per heavy atom. The molecule has 0 heterocycles. The molecule has 14 heavy (non-hydrogen) atoms. The van der Waals surface area contributed by atoms with Crippen molar-refractivity contribution >= 4 is 13.8 Å². The number of carbonyl (C=O) groups excluding carboxylic acids is 1. The number of nitrogens with one attached hydrogen (secondary N) is 1. The van der Waals surface area contributed by atoms with E-state index in [0.717, 1.165) is 0 Å². The molecule has 3 N–H and O–H groups in total. The van der Waals surface area contributed by atoms with Gasteiger partial charge in [-0.2, -0.15) is 5.48 Å². The maximum Gasteiger partial charge on any atom is 0.527 e. The first-order valence-electron chi connectivity index (χ1n) is 3.85. The Bertz CT molecular complexity index is 236. The van der Waals surface area contributed by atoms with E-state index in [9.17, 15) is 9.36 Å². The summed E-state index contributed by atoms with van der Waals surface area (Å²) < 4.78 is 14.3. The molecule has 0 unspecified atom stereocenters. The van der Waals surface area contributed by atoms with Gasteiger partial charge in [0.1, 0.15) is 6.04 Å². The van der Waals surface area contributed by atoms with E-state index in [1.165, 1.54) is 7.11 Å². The second-order valence-corrected chi connectivity index (χ2v) is 4.11. The lowest BCUT2D eigenvalue weighted by Crippen LogP contribution is -2.41. The van der Waals surface area contributed by atoms with E-state index in [2.05, 4.69) is 14.8 Å². The van der Waals surface area contributed by atoms with Gasteiger partial charge in [-0.1, -0.05) is 13.8 Å². The van der Waals surface area contributed by atoms with Gasteiger partial charge in [-0.05, 0) is 5.92 Å². The third-order valence-corrected chi connectivity index (χ3v) is 1.79. The van der Waals surface area contributed by atoms with Crippen LogP contribution in [0.4, 0.5) is 0 Å². The zero-order valence-corrected chi connectivity index (χ0v) is 9.02. The standard InChI is InChI=1S/C6H14NO6P/c1-4(2)5(7-12-3)6(8)13-14(9,10)11/h4-5,7H,1-3H3,(H2,9,10,11)/t5-/m0/s1. The minimum absolute atomic E-state index is 0.214. The number of rotatable bonds is 5. The molecule has 0 aliphatic heterocycles. The summed E-state index contributed by atoms with van der Waals surface area (Å²) in [5, 5.41) is 0. The van der Waals surface area contributed by atoms with Crippen molar-refractivity contribution in [3.63, 3.8) is 0 Å². The molecule has 0 aliphatic carbocycles. The molecule has 0 saturated heterocycles. The Morgan fingerprint density at radius 1 is 1.43 bits per heavy atom. The number of phosphoric ester groups is 1. The summed E-state index contributed by atoms with van der Waals surface area (Å²) in [6, 6.07) is -0.910. The molecule has 0 rings (SSSR count). The number of hydroxylamine groups is 1. The van der Waals surface area contributed by atoms with Crippen molar-refractivity contribution in [2.24, 2.45) is 5.92 Å². The van der Waals surface area contributed by atoms with Crippen LogP contribution in [0.1, 0.15) is 13.8 Å². The van der Waals surface area contributed by atoms with Gasteiger partial charge in [-0.25, -0.2) is 9.36 Å². The fraction of sp³-hybridized carbons (Fsp3) is 0.833. The zero-order valence-electron chi connectivity index (χ0n) is 8.13. The minimum atomic E-state index is -4.78. The summed E-state index contributed by atoms with van der Waals surface area (Å²) >= 11 is 0. The lowest BCUT2D eigenvalue weighted by atomic mass is 10.1. The lowest BCUT2D eigenvalue weighted by molar-refractivity contribution is -0.143. The maximum absolute atomic E-state index is 11.1. The van der Waals surface area contributed by atoms with Crippen LogP contribution in [0.15, 0.2) is 0 Å². The van der Waals surface area contributed by atoms with Crippen LogP contribution < -0.4 is 5.48 Å². The quantitative estimate of drug-likeness (QED) is 0.441. The Kier molecular flexibility index (Phi) is 5.25. The Balaban J connectivity index is 4.37. The molecular formula is C6H14NO6P. The summed E-state index contributed by atoms with van der Waals surface area (Å²) in [6.07, 6.45) is 0. The number of hydrogen-bond acceptors (Lipinski definition) is 5. The van der Waals surface area contributed by atoms with Crippen molar-refractivity contribution in [1.29, 1.82) is 0 Å². The van der Waals surface area contributed by atoms with Crippen LogP contribution in [-0.4, -0.2) is 28.9 Å². The smallest absolute Gasteiger partial charge is 0.369 e. The molecule has 0 aromatic carbocycles. The van der Waals surface area contributed by atoms with Gasteiger partial charge in [0.25, 0.3) is 0 Å². The van der Waals surface area contributed by atoms with Crippen molar-refractivity contribution in [1.82, 2.24) is 5.48 Å². The second kappa shape index (κ2) is 5.43. The molecule has 0 saturated carbocycles. The van der Waals surface area contributed by atoms with E-state index in [1.54, 1.807) is 13.8 Å². The monoisotopic (exact) mass is 227 g/mol. The van der Waals surface area contributed by atoms with Crippen LogP contribution in [0.3, 0.4) is 0 Å². The molecule has 0 radical (unpaired) electrons. The predicted molar refractivity (Wildman–Crippen MR) is 46.9 cm³/mol. The SMILES string of the molecule is CON[C@H](C(=O)OP(=O)(O)O)C(C)C. The van der Waals surface area contributed by atoms with Gasteiger partial charge >= 0.3 is 13.8 Å². The first-order chi connectivity index (χ1) is 6.28. The van der Waals surface area contributed by atoms with Gasteiger partial charge in [-0.15, -0.1) is 0 Å². The number of carbonyl (C=O) groups is 1. The molecule has 0 amide bonds. The second-order valence-electron chi connectivity index (χ2n) is 2.94. The van der Waals surface area contributed by atoms with E-state index in [-0.39, 0.29) is 5.92 Å². The molecule has 0 aliphatic rings. The van der Waals surface area contributed by atoms with Crippen LogP contribution in [-0.2, 0) is 18.7 Å². The highest BCUT2D eigenvalue weighted by Gasteiger charge is 2.29. The lowest BCUT2D eigenvalue weighted by Gasteiger charge is -2.19. The van der Waals surface area contributed by atoms with Gasteiger partial charge < -0.3 is 9.36 Å². The third-order valence-electron chi connectivity index (χ3n) is 1.37. The zero-order chi connectivity index (χ0) is 11.4. The van der Waals surface area contributed by atoms with Crippen LogP contribution in [0.25, 0.3) is 0 Å². The molecule has 1 atom stereocenters. The van der Waals surface area contributed by atoms with E-state index < -0.39 is 19.8 Å². The predicted octanol–water partition coefficient (Wildman–Crippen LogP) is -0.202. The van der Waals surface area contributed by atoms with E-state index in [1.807, 2.05) is 0 Å². The molecule has 0 aromatic heterocycles. The van der Waals surface area contributed by atoms with Crippen LogP contribution in [0, 0.1) is 5.92 Å². The van der Waals surface area contributed by atoms with Gasteiger partial charge in [0.15, 0.2) is 0 Å². The molecule has 0 bridgehead atoms. The Labute approximate surface area is 81.6 Å². The summed E-state index contributed by atoms with van der Waals surface area (Å²) in [7, 11) is -3.49. The highest BCUT2D eigenvalue weighted by Crippen LogP contribution is 2.36. The van der Waals surface area contributed by atoms with Gasteiger partial charge in [0.2, 0.25) is 0 Å². The van der Waals surface area contributed by atoms with E-state index in [0.29, 0.717) is 0 Å². The van der Waals surface area contributed by atoms with Gasteiger partial charge in [-0.3, -0.25) is 9.79 Å². The topological polar surface area (TPSA) is 105 Å². The van der Waals surface area contributed by atoms with Crippen LogP contribution in [0.5, 0.6) is 0 Å². The Morgan fingerprint density at radius 2 is 1.93 bits per heavy atom. The average Bonchev–Trinajstić information content (AvgIpc) is 1.95. The molecule has 0 fully saturated rings. The first-order valence-corrected chi connectivity index (χ1v) is 5.38. The molecule has 84 valence electrons. The van der Waals surface area contributed by atoms with E-state index >= 15 is 0 Å². The number of hydrogen-bond donors (Lipinski definition) is 3. The van der Waals surface area contributed by atoms with Crippen LogP contribution >= 0.6 is 7.82 Å². The van der Waals surface area contributed by atoms with Gasteiger partial charge in [0.05, 0.1) is 7.11 Å². The normalized spacial score (nSPS) is 14.1. The summed E-state index contributed by atoms with van der Waals surface area (Å²) in [5.41, 5.74) is 2.29.